The predicted octanol–water partition coefficient (Wildman–Crippen LogP) is -0.117. The van der Waals surface area contributed by atoms with E-state index in [0.29, 0.717) is 18.7 Å². The van der Waals surface area contributed by atoms with Crippen molar-refractivity contribution in [2.45, 2.75) is 39.7 Å². The Bertz CT molecular complexity index is 396. The van der Waals surface area contributed by atoms with Crippen molar-refractivity contribution in [1.82, 2.24) is 10.6 Å². The van der Waals surface area contributed by atoms with Crippen LogP contribution in [0.2, 0.25) is 0 Å². The lowest BCUT2D eigenvalue weighted by molar-refractivity contribution is -0.137. The van der Waals surface area contributed by atoms with Gasteiger partial charge in [-0.2, -0.15) is 0 Å². The van der Waals surface area contributed by atoms with E-state index >= 15 is 0 Å². The molecule has 0 aliphatic rings. The van der Waals surface area contributed by atoms with Gasteiger partial charge in [-0.3, -0.25) is 9.59 Å². The van der Waals surface area contributed by atoms with E-state index in [1.165, 1.54) is 7.11 Å². The van der Waals surface area contributed by atoms with Crippen LogP contribution in [0.25, 0.3) is 0 Å². The van der Waals surface area contributed by atoms with E-state index in [4.69, 9.17) is 9.94 Å². The van der Waals surface area contributed by atoms with Crippen LogP contribution in [-0.4, -0.2) is 60.7 Å². The molecule has 1 atom stereocenters. The van der Waals surface area contributed by atoms with E-state index in [9.17, 15) is 14.7 Å². The first kappa shape index (κ1) is 20.3. The van der Waals surface area contributed by atoms with Crippen LogP contribution >= 0.6 is 0 Å². The van der Waals surface area contributed by atoms with Gasteiger partial charge < -0.3 is 25.7 Å². The van der Waals surface area contributed by atoms with E-state index in [1.807, 2.05) is 0 Å². The second kappa shape index (κ2) is 10.1. The summed E-state index contributed by atoms with van der Waals surface area (Å²) in [5.74, 6) is -0.755. The summed E-state index contributed by atoms with van der Waals surface area (Å²) < 4.78 is 4.96. The van der Waals surface area contributed by atoms with Gasteiger partial charge in [0.1, 0.15) is 6.10 Å². The number of rotatable bonds is 10. The lowest BCUT2D eigenvalue weighted by Crippen LogP contribution is -2.46. The van der Waals surface area contributed by atoms with Gasteiger partial charge in [-0.1, -0.05) is 19.0 Å². The third-order valence-electron chi connectivity index (χ3n) is 3.14. The first-order valence-electron chi connectivity index (χ1n) is 7.13. The van der Waals surface area contributed by atoms with E-state index < -0.39 is 17.4 Å². The van der Waals surface area contributed by atoms with Crippen molar-refractivity contribution in [3.8, 4) is 0 Å². The summed E-state index contributed by atoms with van der Waals surface area (Å²) >= 11 is 0. The van der Waals surface area contributed by atoms with Crippen molar-refractivity contribution < 1.29 is 24.6 Å². The molecule has 2 amide bonds. The molecule has 4 N–H and O–H groups in total. The number of aliphatic hydroxyl groups excluding tert-OH is 1. The molecule has 0 bridgehead atoms. The molecule has 0 heterocycles. The number of nitrogens with one attached hydrogen (secondary N) is 2. The van der Waals surface area contributed by atoms with Gasteiger partial charge in [0.25, 0.3) is 0 Å². The summed E-state index contributed by atoms with van der Waals surface area (Å²) in [5.41, 5.74) is -0.181. The molecule has 0 aromatic heterocycles. The highest BCUT2D eigenvalue weighted by Gasteiger charge is 2.33. The average molecular weight is 317 g/mol. The van der Waals surface area contributed by atoms with E-state index in [1.54, 1.807) is 20.8 Å². The molecule has 8 heteroatoms. The molecule has 0 saturated heterocycles. The van der Waals surface area contributed by atoms with Gasteiger partial charge in [-0.15, -0.1) is 0 Å². The standard InChI is InChI=1S/C14H27N3O5/c1-10(17-21)5-7-15-11(18)6-8-16-13(20)12(19)14(2,3)9-22-4/h12,19,21H,5-9H2,1-4H3,(H,15,18)(H,16,20)/b17-10+/t12-/m1/s1. The summed E-state index contributed by atoms with van der Waals surface area (Å²) in [7, 11) is 1.50. The minimum Gasteiger partial charge on any atom is -0.411 e. The normalized spacial score (nSPS) is 13.6. The summed E-state index contributed by atoms with van der Waals surface area (Å²) in [4.78, 5) is 23.3. The first-order valence-corrected chi connectivity index (χ1v) is 7.13. The number of ether oxygens (including phenoxy) is 1. The number of oxime groups is 1. The SMILES string of the molecule is COCC(C)(C)[C@H](O)C(=O)NCCC(=O)NCC/C(C)=N/O. The molecular formula is C14H27N3O5. The molecule has 0 unspecified atom stereocenters. The highest BCUT2D eigenvalue weighted by atomic mass is 16.5. The van der Waals surface area contributed by atoms with Gasteiger partial charge in [0.2, 0.25) is 11.8 Å². The van der Waals surface area contributed by atoms with Crippen molar-refractivity contribution in [2.75, 3.05) is 26.8 Å². The van der Waals surface area contributed by atoms with Crippen LogP contribution in [0.5, 0.6) is 0 Å². The maximum atomic E-state index is 11.8. The minimum atomic E-state index is -1.21. The molecule has 0 aliphatic heterocycles. The maximum Gasteiger partial charge on any atom is 0.249 e. The van der Waals surface area contributed by atoms with Crippen molar-refractivity contribution in [3.05, 3.63) is 0 Å². The monoisotopic (exact) mass is 317 g/mol. The molecule has 0 fully saturated rings. The van der Waals surface area contributed by atoms with Crippen LogP contribution in [0.4, 0.5) is 0 Å². The van der Waals surface area contributed by atoms with Gasteiger partial charge >= 0.3 is 0 Å². The largest absolute Gasteiger partial charge is 0.411 e. The second-order valence-corrected chi connectivity index (χ2v) is 5.80. The highest BCUT2D eigenvalue weighted by Crippen LogP contribution is 2.20. The van der Waals surface area contributed by atoms with Gasteiger partial charge in [-0.25, -0.2) is 0 Å². The quantitative estimate of drug-likeness (QED) is 0.254. The zero-order valence-electron chi connectivity index (χ0n) is 13.7. The molecule has 0 saturated carbocycles. The fourth-order valence-electron chi connectivity index (χ4n) is 1.72. The summed E-state index contributed by atoms with van der Waals surface area (Å²) in [6.07, 6.45) is -0.643. The number of hydrogen-bond donors (Lipinski definition) is 4. The number of carbonyl (C=O) groups excluding carboxylic acids is 2. The third-order valence-corrected chi connectivity index (χ3v) is 3.14. The zero-order chi connectivity index (χ0) is 17.2. The lowest BCUT2D eigenvalue weighted by atomic mass is 9.87. The topological polar surface area (TPSA) is 120 Å². The van der Waals surface area contributed by atoms with Gasteiger partial charge in [-0.05, 0) is 6.92 Å². The van der Waals surface area contributed by atoms with Crippen LogP contribution in [0.3, 0.4) is 0 Å². The smallest absolute Gasteiger partial charge is 0.249 e. The Morgan fingerprint density at radius 2 is 1.82 bits per heavy atom. The van der Waals surface area contributed by atoms with Gasteiger partial charge in [0, 0.05) is 38.5 Å². The molecule has 0 aromatic carbocycles. The van der Waals surface area contributed by atoms with Crippen molar-refractivity contribution in [2.24, 2.45) is 10.6 Å². The minimum absolute atomic E-state index is 0.110. The summed E-state index contributed by atoms with van der Waals surface area (Å²) in [6.45, 7) is 5.84. The molecular weight excluding hydrogens is 290 g/mol. The Morgan fingerprint density at radius 1 is 1.23 bits per heavy atom. The Balaban J connectivity index is 3.99. The Hall–Kier alpha value is -1.67. The average Bonchev–Trinajstić information content (AvgIpc) is 2.45. The first-order chi connectivity index (χ1) is 10.2. The van der Waals surface area contributed by atoms with Crippen molar-refractivity contribution in [3.63, 3.8) is 0 Å². The fourth-order valence-corrected chi connectivity index (χ4v) is 1.72. The molecule has 0 aromatic rings. The predicted molar refractivity (Wildman–Crippen MR) is 81.8 cm³/mol. The Morgan fingerprint density at radius 3 is 2.36 bits per heavy atom. The van der Waals surface area contributed by atoms with Crippen LogP contribution in [0.15, 0.2) is 5.16 Å². The highest BCUT2D eigenvalue weighted by molar-refractivity contribution is 5.83. The van der Waals surface area contributed by atoms with Crippen LogP contribution < -0.4 is 10.6 Å². The lowest BCUT2D eigenvalue weighted by Gasteiger charge is -2.28. The molecule has 8 nitrogen and oxygen atoms in total. The van der Waals surface area contributed by atoms with Gasteiger partial charge in [0.05, 0.1) is 12.3 Å². The fraction of sp³-hybridized carbons (Fsp3) is 0.786. The summed E-state index contributed by atoms with van der Waals surface area (Å²) in [5, 5.41) is 26.5. The zero-order valence-corrected chi connectivity index (χ0v) is 13.7. The summed E-state index contributed by atoms with van der Waals surface area (Å²) in [6, 6.07) is 0. The molecule has 128 valence electrons. The van der Waals surface area contributed by atoms with Crippen LogP contribution in [0.1, 0.15) is 33.6 Å². The molecule has 0 radical (unpaired) electrons. The number of carbonyl (C=O) groups is 2. The number of nitrogens with zero attached hydrogens (tertiary/aromatic N) is 1. The number of methoxy groups -OCH3 is 1. The molecule has 0 rings (SSSR count). The Kier molecular flexibility index (Phi) is 9.35. The van der Waals surface area contributed by atoms with E-state index in [2.05, 4.69) is 15.8 Å². The van der Waals surface area contributed by atoms with Crippen LogP contribution in [-0.2, 0) is 14.3 Å². The molecule has 22 heavy (non-hydrogen) atoms. The number of hydrogen-bond acceptors (Lipinski definition) is 6. The molecule has 0 aliphatic carbocycles. The van der Waals surface area contributed by atoms with Crippen LogP contribution in [0, 0.1) is 5.41 Å². The van der Waals surface area contributed by atoms with Crippen molar-refractivity contribution in [1.29, 1.82) is 0 Å². The Labute approximate surface area is 130 Å². The van der Waals surface area contributed by atoms with E-state index in [-0.39, 0.29) is 25.5 Å². The number of aliphatic hydroxyl groups is 1. The second-order valence-electron chi connectivity index (χ2n) is 5.80. The van der Waals surface area contributed by atoms with Crippen molar-refractivity contribution >= 4 is 17.5 Å². The maximum absolute atomic E-state index is 11.8. The molecule has 0 spiro atoms. The third kappa shape index (κ3) is 7.94. The number of amides is 2. The van der Waals surface area contributed by atoms with Gasteiger partial charge in [0.15, 0.2) is 0 Å². The van der Waals surface area contributed by atoms with E-state index in [0.717, 1.165) is 0 Å².